The van der Waals surface area contributed by atoms with Crippen molar-refractivity contribution in [2.75, 3.05) is 0 Å². The third kappa shape index (κ3) is 4.48. The van der Waals surface area contributed by atoms with Gasteiger partial charge in [-0.05, 0) is 83.0 Å². The summed E-state index contributed by atoms with van der Waals surface area (Å²) in [4.78, 5) is 9.79. The highest BCUT2D eigenvalue weighted by Crippen LogP contribution is 2.37. The average molecular weight is 550 g/mol. The van der Waals surface area contributed by atoms with Gasteiger partial charge in [-0.15, -0.1) is 0 Å². The molecule has 0 spiro atoms. The number of hydrogen-bond acceptors (Lipinski definition) is 3. The Bertz CT molecular complexity index is 2050. The average Bonchev–Trinajstić information content (AvgIpc) is 3.54. The van der Waals surface area contributed by atoms with Crippen molar-refractivity contribution in [1.82, 2.24) is 14.5 Å². The van der Waals surface area contributed by atoms with Crippen molar-refractivity contribution in [2.24, 2.45) is 0 Å². The van der Waals surface area contributed by atoms with E-state index in [0.717, 1.165) is 51.0 Å². The van der Waals surface area contributed by atoms with E-state index in [2.05, 4.69) is 128 Å². The number of hydrogen-bond donors (Lipinski definition) is 0. The maximum atomic E-state index is 6.24. The lowest BCUT2D eigenvalue weighted by Crippen LogP contribution is -2.10. The fourth-order valence-electron chi connectivity index (χ4n) is 6.23. The van der Waals surface area contributed by atoms with E-state index in [1.165, 1.54) is 27.8 Å². The van der Waals surface area contributed by atoms with Gasteiger partial charge in [0, 0.05) is 22.0 Å². The summed E-state index contributed by atoms with van der Waals surface area (Å²) in [5.41, 5.74) is 12.3. The Morgan fingerprint density at radius 1 is 0.667 bits per heavy atom. The van der Waals surface area contributed by atoms with Crippen LogP contribution < -0.4 is 0 Å². The lowest BCUT2D eigenvalue weighted by molar-refractivity contribution is 0.652. The van der Waals surface area contributed by atoms with Crippen LogP contribution >= 0.6 is 0 Å². The van der Waals surface area contributed by atoms with Crippen LogP contribution in [-0.4, -0.2) is 14.5 Å². The van der Waals surface area contributed by atoms with Crippen molar-refractivity contribution in [3.05, 3.63) is 119 Å². The van der Waals surface area contributed by atoms with Crippen LogP contribution in [0.15, 0.2) is 101 Å². The molecule has 0 atom stereocenters. The predicted molar refractivity (Wildman–Crippen MR) is 174 cm³/mol. The van der Waals surface area contributed by atoms with Gasteiger partial charge in [0.2, 0.25) is 5.71 Å². The number of para-hydroxylation sites is 2. The minimum absolute atomic E-state index is 0.377. The Morgan fingerprint density at radius 2 is 1.36 bits per heavy atom. The first-order valence-corrected chi connectivity index (χ1v) is 14.8. The summed E-state index contributed by atoms with van der Waals surface area (Å²) in [6.07, 6.45) is 0. The van der Waals surface area contributed by atoms with Crippen LogP contribution in [0.1, 0.15) is 61.9 Å². The molecule has 4 aromatic carbocycles. The van der Waals surface area contributed by atoms with E-state index >= 15 is 0 Å². The summed E-state index contributed by atoms with van der Waals surface area (Å²) < 4.78 is 8.62. The lowest BCUT2D eigenvalue weighted by atomic mass is 9.85. The first-order valence-electron chi connectivity index (χ1n) is 14.8. The second-order valence-electron chi connectivity index (χ2n) is 11.9. The largest absolute Gasteiger partial charge is 0.438 e. The van der Waals surface area contributed by atoms with Crippen LogP contribution in [0.25, 0.3) is 55.6 Å². The quantitative estimate of drug-likeness (QED) is 0.207. The molecule has 7 aromatic rings. The number of rotatable bonds is 6. The third-order valence-corrected chi connectivity index (χ3v) is 8.38. The Labute approximate surface area is 246 Å². The van der Waals surface area contributed by atoms with Crippen LogP contribution in [0.3, 0.4) is 0 Å². The van der Waals surface area contributed by atoms with Crippen molar-refractivity contribution < 1.29 is 4.42 Å². The summed E-state index contributed by atoms with van der Waals surface area (Å²) in [5.74, 6) is 1.70. The zero-order valence-electron chi connectivity index (χ0n) is 24.8. The van der Waals surface area contributed by atoms with Crippen LogP contribution in [0.2, 0.25) is 0 Å². The maximum Gasteiger partial charge on any atom is 0.227 e. The monoisotopic (exact) mass is 549 g/mol. The standard InChI is InChI=1S/C38H35N3O/c1-23(2)31-19-28(26-11-7-6-8-12-26)20-32(24(3)4)33(31)22-41-35-14-10-9-13-34(35)40-37(41)27-16-18-29-30-17-15-25(5)39-38(30)42-36(29)21-27/h6-21,23-24H,22H2,1-5H3. The molecule has 0 amide bonds. The van der Waals surface area contributed by atoms with Crippen LogP contribution in [-0.2, 0) is 6.54 Å². The van der Waals surface area contributed by atoms with Crippen molar-refractivity contribution in [3.8, 4) is 22.5 Å². The molecule has 7 rings (SSSR count). The molecule has 0 unspecified atom stereocenters. The number of pyridine rings is 1. The van der Waals surface area contributed by atoms with Gasteiger partial charge in [0.05, 0.1) is 17.6 Å². The second-order valence-corrected chi connectivity index (χ2v) is 11.9. The van der Waals surface area contributed by atoms with E-state index in [-0.39, 0.29) is 0 Å². The van der Waals surface area contributed by atoms with E-state index < -0.39 is 0 Å². The minimum atomic E-state index is 0.377. The third-order valence-electron chi connectivity index (χ3n) is 8.38. The molecule has 0 saturated heterocycles. The lowest BCUT2D eigenvalue weighted by Gasteiger charge is -2.23. The molecular weight excluding hydrogens is 514 g/mol. The SMILES string of the molecule is Cc1ccc2c(n1)oc1cc(-c3nc4ccccc4n3Cc3c(C(C)C)cc(-c4ccccc4)cc3C(C)C)ccc12. The van der Waals surface area contributed by atoms with Crippen molar-refractivity contribution in [1.29, 1.82) is 0 Å². The van der Waals surface area contributed by atoms with Gasteiger partial charge in [-0.25, -0.2) is 9.97 Å². The Morgan fingerprint density at radius 3 is 2.10 bits per heavy atom. The summed E-state index contributed by atoms with van der Waals surface area (Å²) in [6, 6.07) is 34.5. The van der Waals surface area contributed by atoms with Crippen molar-refractivity contribution in [2.45, 2.75) is 53.0 Å². The van der Waals surface area contributed by atoms with Gasteiger partial charge in [-0.2, -0.15) is 0 Å². The van der Waals surface area contributed by atoms with E-state index in [1.807, 2.05) is 13.0 Å². The molecule has 0 aliphatic carbocycles. The number of aromatic nitrogens is 3. The van der Waals surface area contributed by atoms with E-state index in [0.29, 0.717) is 17.5 Å². The van der Waals surface area contributed by atoms with Crippen molar-refractivity contribution in [3.63, 3.8) is 0 Å². The molecule has 0 aliphatic rings. The Hall–Kier alpha value is -4.70. The highest BCUT2D eigenvalue weighted by atomic mass is 16.3. The van der Waals surface area contributed by atoms with Gasteiger partial charge in [-0.3, -0.25) is 0 Å². The summed E-state index contributed by atoms with van der Waals surface area (Å²) in [6.45, 7) is 11.9. The van der Waals surface area contributed by atoms with Crippen molar-refractivity contribution >= 4 is 33.1 Å². The molecule has 3 aromatic heterocycles. The zero-order valence-corrected chi connectivity index (χ0v) is 24.8. The van der Waals surface area contributed by atoms with E-state index in [4.69, 9.17) is 9.40 Å². The molecule has 0 bridgehead atoms. The zero-order chi connectivity index (χ0) is 29.0. The highest BCUT2D eigenvalue weighted by molar-refractivity contribution is 6.04. The molecule has 0 radical (unpaired) electrons. The number of nitrogens with zero attached hydrogens (tertiary/aromatic N) is 3. The topological polar surface area (TPSA) is 43.9 Å². The van der Waals surface area contributed by atoms with Crippen LogP contribution in [0.4, 0.5) is 0 Å². The molecule has 4 nitrogen and oxygen atoms in total. The van der Waals surface area contributed by atoms with E-state index in [1.54, 1.807) is 0 Å². The van der Waals surface area contributed by atoms with Gasteiger partial charge in [0.25, 0.3) is 0 Å². The summed E-state index contributed by atoms with van der Waals surface area (Å²) >= 11 is 0. The minimum Gasteiger partial charge on any atom is -0.438 e. The van der Waals surface area contributed by atoms with Gasteiger partial charge < -0.3 is 8.98 Å². The first kappa shape index (κ1) is 26.2. The Kier molecular flexibility index (Phi) is 6.42. The first-order chi connectivity index (χ1) is 20.4. The number of benzene rings is 4. The molecule has 0 saturated carbocycles. The summed E-state index contributed by atoms with van der Waals surface area (Å²) in [7, 11) is 0. The number of imidazole rings is 1. The van der Waals surface area contributed by atoms with Crippen LogP contribution in [0.5, 0.6) is 0 Å². The number of furan rings is 1. The maximum absolute atomic E-state index is 6.24. The molecule has 0 aliphatic heterocycles. The van der Waals surface area contributed by atoms with Gasteiger partial charge in [0.1, 0.15) is 11.4 Å². The molecule has 0 N–H and O–H groups in total. The molecule has 4 heteroatoms. The van der Waals surface area contributed by atoms with Gasteiger partial charge in [-0.1, -0.05) is 88.4 Å². The molecule has 208 valence electrons. The molecule has 0 fully saturated rings. The fraction of sp³-hybridized carbons (Fsp3) is 0.211. The van der Waals surface area contributed by atoms with E-state index in [9.17, 15) is 0 Å². The van der Waals surface area contributed by atoms with Crippen LogP contribution in [0, 0.1) is 6.92 Å². The molecule has 3 heterocycles. The van der Waals surface area contributed by atoms with Gasteiger partial charge >= 0.3 is 0 Å². The number of fused-ring (bicyclic) bond motifs is 4. The normalized spacial score (nSPS) is 12.0. The summed E-state index contributed by atoms with van der Waals surface area (Å²) in [5, 5.41) is 2.11. The molecule has 42 heavy (non-hydrogen) atoms. The molecular formula is C38H35N3O. The predicted octanol–water partition coefficient (Wildman–Crippen LogP) is 10.3. The fourth-order valence-corrected chi connectivity index (χ4v) is 6.23. The second kappa shape index (κ2) is 10.3. The number of aryl methyl sites for hydroxylation is 1. The Balaban J connectivity index is 1.42. The highest BCUT2D eigenvalue weighted by Gasteiger charge is 2.21. The van der Waals surface area contributed by atoms with Gasteiger partial charge in [0.15, 0.2) is 0 Å². The smallest absolute Gasteiger partial charge is 0.227 e.